The first-order valence-corrected chi connectivity index (χ1v) is 5.59. The number of nitrogens with one attached hydrogen (secondary N) is 1. The number of alkyl halides is 2. The molecule has 1 fully saturated rings. The number of likely N-dealkylation sites (tertiary alicyclic amines) is 1. The number of nitrogens with zero attached hydrogens (tertiary/aromatic N) is 2. The Morgan fingerprint density at radius 1 is 1.47 bits per heavy atom. The summed E-state index contributed by atoms with van der Waals surface area (Å²) in [5, 5.41) is 13.2. The Morgan fingerprint density at radius 3 is 2.94 bits per heavy atom. The van der Waals surface area contributed by atoms with Gasteiger partial charge in [-0.2, -0.15) is 0 Å². The number of hydrogen-bond acceptors (Lipinski definition) is 4. The van der Waals surface area contributed by atoms with Gasteiger partial charge in [0.15, 0.2) is 0 Å². The quantitative estimate of drug-likeness (QED) is 0.437. The van der Waals surface area contributed by atoms with Gasteiger partial charge in [-0.3, -0.25) is 4.79 Å². The Kier molecular flexibility index (Phi) is 5.27. The highest BCUT2D eigenvalue weighted by molar-refractivity contribution is 6.25. The molecule has 0 aromatic carbocycles. The molecule has 0 aromatic heterocycles. The Bertz CT molecular complexity index is 285. The van der Waals surface area contributed by atoms with E-state index >= 15 is 0 Å². The van der Waals surface area contributed by atoms with Crippen LogP contribution in [0, 0.1) is 0 Å². The zero-order chi connectivity index (χ0) is 12.7. The zero-order valence-electron chi connectivity index (χ0n) is 9.53. The van der Waals surface area contributed by atoms with Crippen molar-refractivity contribution in [3.63, 3.8) is 0 Å². The van der Waals surface area contributed by atoms with Crippen LogP contribution < -0.4 is 5.32 Å². The van der Waals surface area contributed by atoms with E-state index in [1.165, 1.54) is 0 Å². The largest absolute Gasteiger partial charge is 0.411 e. The minimum Gasteiger partial charge on any atom is -0.411 e. The van der Waals surface area contributed by atoms with Crippen LogP contribution in [-0.2, 0) is 4.79 Å². The first-order chi connectivity index (χ1) is 8.03. The molecule has 0 unspecified atom stereocenters. The fraction of sp³-hybridized carbons (Fsp3) is 0.800. The highest BCUT2D eigenvalue weighted by atomic mass is 19.3. The fourth-order valence-electron chi connectivity index (χ4n) is 1.78. The molecule has 1 saturated heterocycles. The monoisotopic (exact) mass is 249 g/mol. The third kappa shape index (κ3) is 5.58. The van der Waals surface area contributed by atoms with Crippen molar-refractivity contribution in [1.29, 1.82) is 0 Å². The molecule has 17 heavy (non-hydrogen) atoms. The molecule has 0 bridgehead atoms. The van der Waals surface area contributed by atoms with E-state index in [0.717, 1.165) is 6.21 Å². The summed E-state index contributed by atoms with van der Waals surface area (Å²) in [6, 6.07) is 0. The van der Waals surface area contributed by atoms with Gasteiger partial charge in [0.2, 0.25) is 5.92 Å². The molecule has 0 radical (unpaired) electrons. The molecule has 98 valence electrons. The van der Waals surface area contributed by atoms with E-state index < -0.39 is 11.8 Å². The molecule has 1 aliphatic heterocycles. The number of halogens is 2. The molecule has 2 N–H and O–H groups in total. The SMILES string of the molecule is O=C(/C=N\O)NCCN1CCCC(F)(F)CC1. The highest BCUT2D eigenvalue weighted by Crippen LogP contribution is 2.27. The molecule has 0 spiro atoms. The summed E-state index contributed by atoms with van der Waals surface area (Å²) in [4.78, 5) is 12.8. The lowest BCUT2D eigenvalue weighted by molar-refractivity contribution is -0.114. The molecular weight excluding hydrogens is 232 g/mol. The summed E-state index contributed by atoms with van der Waals surface area (Å²) in [7, 11) is 0. The Morgan fingerprint density at radius 2 is 2.24 bits per heavy atom. The van der Waals surface area contributed by atoms with Crippen LogP contribution in [0.2, 0.25) is 0 Å². The number of oxime groups is 1. The van der Waals surface area contributed by atoms with E-state index in [2.05, 4.69) is 10.5 Å². The topological polar surface area (TPSA) is 64.9 Å². The molecule has 1 amide bonds. The lowest BCUT2D eigenvalue weighted by atomic mass is 10.1. The Balaban J connectivity index is 2.21. The van der Waals surface area contributed by atoms with Crippen molar-refractivity contribution < 1.29 is 18.8 Å². The summed E-state index contributed by atoms with van der Waals surface area (Å²) >= 11 is 0. The molecular formula is C10H17F2N3O2. The lowest BCUT2D eigenvalue weighted by Gasteiger charge is -2.19. The summed E-state index contributed by atoms with van der Waals surface area (Å²) in [5.41, 5.74) is 0. The zero-order valence-corrected chi connectivity index (χ0v) is 9.53. The average molecular weight is 249 g/mol. The molecule has 1 aliphatic rings. The minimum atomic E-state index is -2.55. The molecule has 0 aromatic rings. The van der Waals surface area contributed by atoms with Crippen LogP contribution in [0.5, 0.6) is 0 Å². The fourth-order valence-corrected chi connectivity index (χ4v) is 1.78. The summed E-state index contributed by atoms with van der Waals surface area (Å²) in [5.74, 6) is -3.05. The van der Waals surface area contributed by atoms with Crippen LogP contribution in [0.25, 0.3) is 0 Å². The average Bonchev–Trinajstić information content (AvgIpc) is 2.41. The van der Waals surface area contributed by atoms with Gasteiger partial charge >= 0.3 is 0 Å². The normalized spacial score (nSPS) is 21.3. The third-order valence-corrected chi connectivity index (χ3v) is 2.71. The number of amides is 1. The Labute approximate surface area is 98.5 Å². The van der Waals surface area contributed by atoms with Crippen LogP contribution in [0.1, 0.15) is 19.3 Å². The molecule has 7 heteroatoms. The second kappa shape index (κ2) is 6.48. The van der Waals surface area contributed by atoms with Gasteiger partial charge in [-0.15, -0.1) is 0 Å². The maximum Gasteiger partial charge on any atom is 0.265 e. The van der Waals surface area contributed by atoms with E-state index in [0.29, 0.717) is 32.6 Å². The van der Waals surface area contributed by atoms with Crippen LogP contribution >= 0.6 is 0 Å². The maximum atomic E-state index is 13.0. The van der Waals surface area contributed by atoms with Gasteiger partial charge in [-0.1, -0.05) is 5.16 Å². The molecule has 0 saturated carbocycles. The van der Waals surface area contributed by atoms with E-state index in [4.69, 9.17) is 5.21 Å². The number of carbonyl (C=O) groups excluding carboxylic acids is 1. The molecule has 1 rings (SSSR count). The van der Waals surface area contributed by atoms with E-state index in [-0.39, 0.29) is 12.8 Å². The standard InChI is InChI=1S/C10H17F2N3O2/c11-10(12)2-1-5-15(6-3-10)7-4-13-9(16)8-14-17/h8,17H,1-7H2,(H,13,16)/b14-8-. The number of rotatable bonds is 4. The molecule has 1 heterocycles. The summed E-state index contributed by atoms with van der Waals surface area (Å²) < 4.78 is 26.1. The van der Waals surface area contributed by atoms with Crippen LogP contribution in [0.15, 0.2) is 5.16 Å². The summed E-state index contributed by atoms with van der Waals surface area (Å²) in [6.07, 6.45) is 1.04. The number of hydrogen-bond donors (Lipinski definition) is 2. The number of carbonyl (C=O) groups is 1. The van der Waals surface area contributed by atoms with Gasteiger partial charge < -0.3 is 15.4 Å². The first-order valence-electron chi connectivity index (χ1n) is 5.59. The second-order valence-corrected chi connectivity index (χ2v) is 4.09. The van der Waals surface area contributed by atoms with Crippen LogP contribution in [0.3, 0.4) is 0 Å². The van der Waals surface area contributed by atoms with E-state index in [1.807, 2.05) is 4.90 Å². The van der Waals surface area contributed by atoms with E-state index in [1.54, 1.807) is 0 Å². The molecule has 0 atom stereocenters. The van der Waals surface area contributed by atoms with Crippen molar-refractivity contribution in [3.8, 4) is 0 Å². The van der Waals surface area contributed by atoms with Gasteiger partial charge in [-0.25, -0.2) is 8.78 Å². The smallest absolute Gasteiger partial charge is 0.265 e. The predicted molar refractivity (Wildman–Crippen MR) is 58.5 cm³/mol. The van der Waals surface area contributed by atoms with E-state index in [9.17, 15) is 13.6 Å². The van der Waals surface area contributed by atoms with Crippen LogP contribution in [-0.4, -0.2) is 54.3 Å². The van der Waals surface area contributed by atoms with Crippen molar-refractivity contribution in [2.24, 2.45) is 5.16 Å². The van der Waals surface area contributed by atoms with Crippen molar-refractivity contribution in [1.82, 2.24) is 10.2 Å². The highest BCUT2D eigenvalue weighted by Gasteiger charge is 2.31. The van der Waals surface area contributed by atoms with Crippen molar-refractivity contribution in [2.45, 2.75) is 25.2 Å². The maximum absolute atomic E-state index is 13.0. The van der Waals surface area contributed by atoms with Gasteiger partial charge in [0.1, 0.15) is 6.21 Å². The molecule has 0 aliphatic carbocycles. The lowest BCUT2D eigenvalue weighted by Crippen LogP contribution is -2.36. The van der Waals surface area contributed by atoms with Gasteiger partial charge in [0.05, 0.1) is 0 Å². The van der Waals surface area contributed by atoms with Gasteiger partial charge in [-0.05, 0) is 13.0 Å². The molecule has 5 nitrogen and oxygen atoms in total. The Hall–Kier alpha value is -1.24. The van der Waals surface area contributed by atoms with Gasteiger partial charge in [0, 0.05) is 32.5 Å². The van der Waals surface area contributed by atoms with Crippen molar-refractivity contribution in [2.75, 3.05) is 26.2 Å². The van der Waals surface area contributed by atoms with Gasteiger partial charge in [0.25, 0.3) is 5.91 Å². The minimum absolute atomic E-state index is 0.0625. The third-order valence-electron chi connectivity index (χ3n) is 2.71. The second-order valence-electron chi connectivity index (χ2n) is 4.09. The van der Waals surface area contributed by atoms with Crippen LogP contribution in [0.4, 0.5) is 8.78 Å². The first kappa shape index (κ1) is 13.8. The van der Waals surface area contributed by atoms with Crippen molar-refractivity contribution >= 4 is 12.1 Å². The summed E-state index contributed by atoms with van der Waals surface area (Å²) in [6.45, 7) is 1.86. The predicted octanol–water partition coefficient (Wildman–Crippen LogP) is 0.684. The van der Waals surface area contributed by atoms with Crippen molar-refractivity contribution in [3.05, 3.63) is 0 Å².